The lowest BCUT2D eigenvalue weighted by atomic mass is 9.77. The fraction of sp³-hybridized carbons (Fsp3) is 0.385. The summed E-state index contributed by atoms with van der Waals surface area (Å²) in [4.78, 5) is 22.8. The third kappa shape index (κ3) is 3.73. The first-order valence-corrected chi connectivity index (χ1v) is 11.6. The second-order valence-electron chi connectivity index (χ2n) is 8.52. The summed E-state index contributed by atoms with van der Waals surface area (Å²) in [6.07, 6.45) is 1.99. The van der Waals surface area contributed by atoms with Crippen molar-refractivity contribution in [2.24, 2.45) is 10.9 Å². The van der Waals surface area contributed by atoms with Crippen LogP contribution in [0.15, 0.2) is 35.3 Å². The Hall–Kier alpha value is -4.08. The number of fused-ring (bicyclic) bond motifs is 2. The van der Waals surface area contributed by atoms with Gasteiger partial charge in [-0.3, -0.25) is 4.79 Å². The molecular formula is C26H28N4O6. The van der Waals surface area contributed by atoms with E-state index in [9.17, 15) is 4.79 Å². The number of carbonyl (C=O) groups excluding carboxylic acids is 1. The van der Waals surface area contributed by atoms with Crippen LogP contribution in [0, 0.1) is 5.92 Å². The number of aromatic nitrogens is 3. The number of hydrogen-bond donors (Lipinski definition) is 0. The van der Waals surface area contributed by atoms with Gasteiger partial charge >= 0.3 is 0 Å². The van der Waals surface area contributed by atoms with E-state index in [2.05, 4.69) is 0 Å². The zero-order chi connectivity index (χ0) is 25.4. The molecule has 10 heteroatoms. The summed E-state index contributed by atoms with van der Waals surface area (Å²) in [6.45, 7) is 0. The normalized spacial score (nSPS) is 18.6. The Balaban J connectivity index is 1.71. The van der Waals surface area contributed by atoms with Crippen molar-refractivity contribution in [1.82, 2.24) is 14.8 Å². The number of nitrogens with zero attached hydrogens (tertiary/aromatic N) is 4. The summed E-state index contributed by atoms with van der Waals surface area (Å²) in [5, 5.41) is 4.84. The summed E-state index contributed by atoms with van der Waals surface area (Å²) < 4.78 is 29.5. The van der Waals surface area contributed by atoms with E-state index in [0.29, 0.717) is 52.5 Å². The molecule has 2 atom stereocenters. The molecule has 5 rings (SSSR count). The molecule has 0 spiro atoms. The number of aliphatic imine (C=N–C) groups is 1. The highest BCUT2D eigenvalue weighted by Crippen LogP contribution is 2.46. The van der Waals surface area contributed by atoms with E-state index in [0.717, 1.165) is 24.1 Å². The Morgan fingerprint density at radius 3 is 2.19 bits per heavy atom. The van der Waals surface area contributed by atoms with Crippen molar-refractivity contribution in [2.75, 3.05) is 35.5 Å². The predicted octanol–water partition coefficient (Wildman–Crippen LogP) is 4.03. The van der Waals surface area contributed by atoms with Gasteiger partial charge in [0, 0.05) is 23.3 Å². The minimum atomic E-state index is -0.478. The van der Waals surface area contributed by atoms with E-state index in [-0.39, 0.29) is 5.78 Å². The molecule has 1 saturated carbocycles. The van der Waals surface area contributed by atoms with Crippen LogP contribution in [0.3, 0.4) is 0 Å². The first-order chi connectivity index (χ1) is 17.5. The molecule has 0 saturated heterocycles. The van der Waals surface area contributed by atoms with Gasteiger partial charge in [-0.05, 0) is 31.0 Å². The van der Waals surface area contributed by atoms with Crippen LogP contribution in [0.1, 0.15) is 30.9 Å². The van der Waals surface area contributed by atoms with E-state index in [4.69, 9.17) is 38.8 Å². The van der Waals surface area contributed by atoms with Crippen molar-refractivity contribution in [1.29, 1.82) is 0 Å². The number of para-hydroxylation sites is 1. The van der Waals surface area contributed by atoms with Gasteiger partial charge < -0.3 is 23.7 Å². The Morgan fingerprint density at radius 2 is 1.56 bits per heavy atom. The second kappa shape index (κ2) is 9.52. The zero-order valence-electron chi connectivity index (χ0n) is 20.9. The van der Waals surface area contributed by atoms with Gasteiger partial charge in [0.25, 0.3) is 0 Å². The lowest BCUT2D eigenvalue weighted by molar-refractivity contribution is -0.122. The Bertz CT molecular complexity index is 1320. The lowest BCUT2D eigenvalue weighted by Gasteiger charge is -2.34. The molecule has 0 N–H and O–H groups in total. The molecule has 3 aromatic rings. The monoisotopic (exact) mass is 492 g/mol. The molecule has 36 heavy (non-hydrogen) atoms. The molecule has 1 aliphatic carbocycles. The largest absolute Gasteiger partial charge is 0.493 e. The van der Waals surface area contributed by atoms with Crippen LogP contribution < -0.4 is 23.7 Å². The molecule has 1 aliphatic heterocycles. The van der Waals surface area contributed by atoms with Crippen molar-refractivity contribution in [3.05, 3.63) is 35.9 Å². The number of rotatable bonds is 7. The van der Waals surface area contributed by atoms with Gasteiger partial charge in [0.15, 0.2) is 28.8 Å². The second-order valence-corrected chi connectivity index (χ2v) is 8.52. The molecular weight excluding hydrogens is 464 g/mol. The quantitative estimate of drug-likeness (QED) is 0.487. The van der Waals surface area contributed by atoms with E-state index in [1.54, 1.807) is 52.4 Å². The van der Waals surface area contributed by atoms with Crippen LogP contribution in [-0.4, -0.2) is 61.8 Å². The topological polar surface area (TPSA) is 106 Å². The third-order valence-corrected chi connectivity index (χ3v) is 6.67. The minimum absolute atomic E-state index is 0.130. The highest BCUT2D eigenvalue weighted by Gasteiger charge is 2.43. The summed E-state index contributed by atoms with van der Waals surface area (Å²) in [5.74, 6) is 3.10. The fourth-order valence-corrected chi connectivity index (χ4v) is 5.06. The number of ketones is 1. The minimum Gasteiger partial charge on any atom is -0.493 e. The van der Waals surface area contributed by atoms with E-state index in [1.807, 2.05) is 18.2 Å². The van der Waals surface area contributed by atoms with Crippen molar-refractivity contribution in [2.45, 2.75) is 25.3 Å². The molecule has 0 amide bonds. The standard InChI is InChI=1S/C26H28N4O6/c1-32-18-11-6-8-15(23(18)35-4)22-21-16(9-7-10-17(21)31)27-26-28-25(29-30(22)26)14-12-19(33-2)24(36-5)20(13-14)34-3/h6,8,11-13,21-22H,7,9-10H2,1-5H3. The lowest BCUT2D eigenvalue weighted by Crippen LogP contribution is -2.39. The van der Waals surface area contributed by atoms with Crippen LogP contribution in [0.4, 0.5) is 5.95 Å². The average molecular weight is 493 g/mol. The van der Waals surface area contributed by atoms with E-state index in [1.165, 1.54) is 0 Å². The smallest absolute Gasteiger partial charge is 0.248 e. The summed E-state index contributed by atoms with van der Waals surface area (Å²) >= 11 is 0. The van der Waals surface area contributed by atoms with E-state index >= 15 is 0 Å². The third-order valence-electron chi connectivity index (χ3n) is 6.67. The number of Topliss-reactive ketones (excluding diaryl/α,β-unsaturated/α-hetero) is 1. The van der Waals surface area contributed by atoms with Gasteiger partial charge in [0.1, 0.15) is 5.78 Å². The van der Waals surface area contributed by atoms with Crippen LogP contribution in [0.2, 0.25) is 0 Å². The molecule has 0 radical (unpaired) electrons. The van der Waals surface area contributed by atoms with Crippen molar-refractivity contribution < 1.29 is 28.5 Å². The highest BCUT2D eigenvalue weighted by molar-refractivity contribution is 6.09. The first kappa shape index (κ1) is 23.7. The van der Waals surface area contributed by atoms with Gasteiger partial charge in [-0.25, -0.2) is 9.67 Å². The van der Waals surface area contributed by atoms with Crippen molar-refractivity contribution in [3.63, 3.8) is 0 Å². The zero-order valence-corrected chi connectivity index (χ0v) is 20.9. The number of hydrogen-bond acceptors (Lipinski definition) is 9. The van der Waals surface area contributed by atoms with Gasteiger partial charge in [-0.1, -0.05) is 12.1 Å². The van der Waals surface area contributed by atoms with Crippen LogP contribution in [-0.2, 0) is 4.79 Å². The van der Waals surface area contributed by atoms with Gasteiger partial charge in [-0.15, -0.1) is 5.10 Å². The Morgan fingerprint density at radius 1 is 0.861 bits per heavy atom. The summed E-state index contributed by atoms with van der Waals surface area (Å²) in [5.41, 5.74) is 2.27. The maximum absolute atomic E-state index is 13.2. The van der Waals surface area contributed by atoms with Crippen LogP contribution in [0.5, 0.6) is 28.7 Å². The molecule has 1 aromatic heterocycles. The van der Waals surface area contributed by atoms with Crippen LogP contribution >= 0.6 is 0 Å². The molecule has 10 nitrogen and oxygen atoms in total. The molecule has 2 unspecified atom stereocenters. The van der Waals surface area contributed by atoms with Crippen LogP contribution in [0.25, 0.3) is 11.4 Å². The van der Waals surface area contributed by atoms with Gasteiger partial charge in [-0.2, -0.15) is 4.98 Å². The number of carbonyl (C=O) groups is 1. The number of ether oxygens (including phenoxy) is 5. The maximum atomic E-state index is 13.2. The molecule has 0 bridgehead atoms. The van der Waals surface area contributed by atoms with Crippen molar-refractivity contribution >= 4 is 17.4 Å². The molecule has 1 fully saturated rings. The summed E-state index contributed by atoms with van der Waals surface area (Å²) in [7, 11) is 7.84. The van der Waals surface area contributed by atoms with Gasteiger partial charge in [0.2, 0.25) is 11.7 Å². The predicted molar refractivity (Wildman–Crippen MR) is 132 cm³/mol. The van der Waals surface area contributed by atoms with E-state index < -0.39 is 12.0 Å². The Kier molecular flexibility index (Phi) is 6.26. The Labute approximate surface area is 208 Å². The first-order valence-electron chi connectivity index (χ1n) is 11.6. The molecule has 2 heterocycles. The molecule has 188 valence electrons. The number of methoxy groups -OCH3 is 5. The average Bonchev–Trinajstić information content (AvgIpc) is 3.34. The summed E-state index contributed by atoms with van der Waals surface area (Å²) in [6, 6.07) is 8.73. The maximum Gasteiger partial charge on any atom is 0.248 e. The van der Waals surface area contributed by atoms with Gasteiger partial charge in [0.05, 0.1) is 47.5 Å². The SMILES string of the molecule is COc1cc(-c2nc3n(n2)C(c2cccc(OC)c2OC)C2C(=O)CCCC2=N3)cc(OC)c1OC. The molecule has 2 aliphatic rings. The highest BCUT2D eigenvalue weighted by atomic mass is 16.5. The fourth-order valence-electron chi connectivity index (χ4n) is 5.06. The van der Waals surface area contributed by atoms with Crippen molar-refractivity contribution in [3.8, 4) is 40.1 Å². The molecule has 2 aromatic carbocycles. The number of benzene rings is 2.